The molecule has 0 atom stereocenters. The summed E-state index contributed by atoms with van der Waals surface area (Å²) >= 11 is 3.43. The fraction of sp³-hybridized carbons (Fsp3) is 0.308. The average molecular weight is 310 g/mol. The van der Waals surface area contributed by atoms with Gasteiger partial charge in [-0.25, -0.2) is 0 Å². The summed E-state index contributed by atoms with van der Waals surface area (Å²) in [4.78, 5) is 0. The molecule has 5 heteroatoms. The number of ether oxygens (including phenoxy) is 1. The van der Waals surface area contributed by atoms with E-state index in [-0.39, 0.29) is 0 Å². The summed E-state index contributed by atoms with van der Waals surface area (Å²) in [6.07, 6.45) is 0. The number of benzene rings is 1. The lowest BCUT2D eigenvalue weighted by Gasteiger charge is -2.09. The molecule has 0 amide bonds. The third-order valence-corrected chi connectivity index (χ3v) is 3.40. The van der Waals surface area contributed by atoms with Crippen LogP contribution < -0.4 is 10.5 Å². The van der Waals surface area contributed by atoms with Gasteiger partial charge in [-0.1, -0.05) is 15.9 Å². The molecule has 0 saturated heterocycles. The van der Waals surface area contributed by atoms with Gasteiger partial charge in [0.05, 0.1) is 11.3 Å². The monoisotopic (exact) mass is 309 g/mol. The van der Waals surface area contributed by atoms with Gasteiger partial charge in [0, 0.05) is 11.5 Å². The van der Waals surface area contributed by atoms with Crippen molar-refractivity contribution in [3.05, 3.63) is 39.5 Å². The van der Waals surface area contributed by atoms with Crippen molar-refractivity contribution in [2.45, 2.75) is 20.5 Å². The minimum Gasteiger partial charge on any atom is -0.488 e. The van der Waals surface area contributed by atoms with Crippen LogP contribution in [0.1, 0.15) is 16.8 Å². The SMILES string of the molecule is Cc1cc(Br)ccc1OCc1c(C)nn(C)c1N. The van der Waals surface area contributed by atoms with Crippen molar-refractivity contribution in [3.8, 4) is 5.75 Å². The van der Waals surface area contributed by atoms with Crippen LogP contribution in [-0.2, 0) is 13.7 Å². The molecule has 0 aliphatic heterocycles. The lowest BCUT2D eigenvalue weighted by atomic mass is 10.2. The zero-order chi connectivity index (χ0) is 13.3. The van der Waals surface area contributed by atoms with Crippen molar-refractivity contribution < 1.29 is 4.74 Å². The first-order valence-corrected chi connectivity index (χ1v) is 6.45. The largest absolute Gasteiger partial charge is 0.488 e. The maximum atomic E-state index is 5.94. The van der Waals surface area contributed by atoms with E-state index in [1.165, 1.54) is 0 Å². The summed E-state index contributed by atoms with van der Waals surface area (Å²) in [6, 6.07) is 5.93. The second kappa shape index (κ2) is 5.02. The number of nitrogens with zero attached hydrogens (tertiary/aromatic N) is 2. The summed E-state index contributed by atoms with van der Waals surface area (Å²) in [5.74, 6) is 1.52. The molecule has 1 aromatic carbocycles. The molecule has 18 heavy (non-hydrogen) atoms. The molecule has 0 fully saturated rings. The van der Waals surface area contributed by atoms with Crippen molar-refractivity contribution >= 4 is 21.7 Å². The van der Waals surface area contributed by atoms with Gasteiger partial charge in [-0.3, -0.25) is 4.68 Å². The molecule has 2 N–H and O–H groups in total. The van der Waals surface area contributed by atoms with E-state index in [9.17, 15) is 0 Å². The quantitative estimate of drug-likeness (QED) is 0.948. The number of aryl methyl sites for hydroxylation is 3. The van der Waals surface area contributed by atoms with Gasteiger partial charge in [-0.15, -0.1) is 0 Å². The topological polar surface area (TPSA) is 53.1 Å². The van der Waals surface area contributed by atoms with E-state index in [1.54, 1.807) is 4.68 Å². The van der Waals surface area contributed by atoms with E-state index < -0.39 is 0 Å². The molecule has 1 aromatic heterocycles. The minimum atomic E-state index is 0.438. The number of hydrogen-bond donors (Lipinski definition) is 1. The Morgan fingerprint density at radius 3 is 2.67 bits per heavy atom. The van der Waals surface area contributed by atoms with Crippen molar-refractivity contribution in [2.75, 3.05) is 5.73 Å². The van der Waals surface area contributed by atoms with Crippen LogP contribution in [0.5, 0.6) is 5.75 Å². The van der Waals surface area contributed by atoms with Gasteiger partial charge in [-0.2, -0.15) is 5.10 Å². The highest BCUT2D eigenvalue weighted by Gasteiger charge is 2.11. The Morgan fingerprint density at radius 2 is 2.11 bits per heavy atom. The summed E-state index contributed by atoms with van der Waals surface area (Å²) in [6.45, 7) is 4.39. The van der Waals surface area contributed by atoms with Gasteiger partial charge >= 0.3 is 0 Å². The standard InChI is InChI=1S/C13H16BrN3O/c1-8-6-10(14)4-5-12(8)18-7-11-9(2)16-17(3)13(11)15/h4-6H,7,15H2,1-3H3. The van der Waals surface area contributed by atoms with Crippen molar-refractivity contribution in [1.82, 2.24) is 9.78 Å². The fourth-order valence-electron chi connectivity index (χ4n) is 1.82. The molecule has 1 heterocycles. The molecule has 0 saturated carbocycles. The lowest BCUT2D eigenvalue weighted by Crippen LogP contribution is -2.03. The average Bonchev–Trinajstić information content (AvgIpc) is 2.53. The van der Waals surface area contributed by atoms with Crippen LogP contribution in [-0.4, -0.2) is 9.78 Å². The number of nitrogen functional groups attached to an aromatic ring is 1. The first-order chi connectivity index (χ1) is 8.49. The normalized spacial score (nSPS) is 10.7. The Balaban J connectivity index is 2.16. The fourth-order valence-corrected chi connectivity index (χ4v) is 2.30. The molecule has 4 nitrogen and oxygen atoms in total. The van der Waals surface area contributed by atoms with Crippen LogP contribution in [0.4, 0.5) is 5.82 Å². The van der Waals surface area contributed by atoms with Gasteiger partial charge in [0.1, 0.15) is 18.2 Å². The minimum absolute atomic E-state index is 0.438. The molecular formula is C13H16BrN3O. The summed E-state index contributed by atoms with van der Waals surface area (Å²) < 4.78 is 8.51. The molecule has 0 spiro atoms. The van der Waals surface area contributed by atoms with E-state index in [0.29, 0.717) is 12.4 Å². The Labute approximate surface area is 115 Å². The Hall–Kier alpha value is -1.49. The number of aromatic nitrogens is 2. The van der Waals surface area contributed by atoms with Crippen LogP contribution in [0.3, 0.4) is 0 Å². The van der Waals surface area contributed by atoms with Crippen LogP contribution >= 0.6 is 15.9 Å². The van der Waals surface area contributed by atoms with Crippen LogP contribution in [0.2, 0.25) is 0 Å². The first kappa shape index (κ1) is 13.0. The van der Waals surface area contributed by atoms with Gasteiger partial charge in [0.15, 0.2) is 0 Å². The number of halogens is 1. The highest BCUT2D eigenvalue weighted by Crippen LogP contribution is 2.24. The second-order valence-electron chi connectivity index (χ2n) is 4.27. The van der Waals surface area contributed by atoms with E-state index in [2.05, 4.69) is 21.0 Å². The second-order valence-corrected chi connectivity index (χ2v) is 5.19. The maximum absolute atomic E-state index is 5.94. The maximum Gasteiger partial charge on any atom is 0.128 e. The predicted molar refractivity (Wildman–Crippen MR) is 75.6 cm³/mol. The molecule has 0 bridgehead atoms. The zero-order valence-corrected chi connectivity index (χ0v) is 12.3. The number of nitrogens with two attached hydrogens (primary N) is 1. The van der Waals surface area contributed by atoms with Crippen LogP contribution in [0.15, 0.2) is 22.7 Å². The Bertz CT molecular complexity index is 578. The van der Waals surface area contributed by atoms with E-state index in [0.717, 1.165) is 27.0 Å². The van der Waals surface area contributed by atoms with Gasteiger partial charge in [-0.05, 0) is 37.6 Å². The third kappa shape index (κ3) is 2.51. The lowest BCUT2D eigenvalue weighted by molar-refractivity contribution is 0.304. The molecule has 2 rings (SSSR count). The zero-order valence-electron chi connectivity index (χ0n) is 10.7. The van der Waals surface area contributed by atoms with Gasteiger partial charge in [0.2, 0.25) is 0 Å². The Morgan fingerprint density at radius 1 is 1.39 bits per heavy atom. The Kier molecular flexibility index (Phi) is 3.61. The van der Waals surface area contributed by atoms with E-state index >= 15 is 0 Å². The van der Waals surface area contributed by atoms with E-state index in [1.807, 2.05) is 39.1 Å². The number of rotatable bonds is 3. The molecule has 0 aliphatic carbocycles. The van der Waals surface area contributed by atoms with Gasteiger partial charge < -0.3 is 10.5 Å². The molecule has 0 aliphatic rings. The smallest absolute Gasteiger partial charge is 0.128 e. The molecule has 96 valence electrons. The van der Waals surface area contributed by atoms with Crippen LogP contribution in [0, 0.1) is 13.8 Å². The van der Waals surface area contributed by atoms with Crippen LogP contribution in [0.25, 0.3) is 0 Å². The number of anilines is 1. The van der Waals surface area contributed by atoms with Crippen molar-refractivity contribution in [1.29, 1.82) is 0 Å². The molecule has 0 unspecified atom stereocenters. The summed E-state index contributed by atoms with van der Waals surface area (Å²) in [5, 5.41) is 4.26. The third-order valence-electron chi connectivity index (χ3n) is 2.90. The molecular weight excluding hydrogens is 294 g/mol. The highest BCUT2D eigenvalue weighted by atomic mass is 79.9. The van der Waals surface area contributed by atoms with E-state index in [4.69, 9.17) is 10.5 Å². The first-order valence-electron chi connectivity index (χ1n) is 5.66. The molecule has 0 radical (unpaired) electrons. The number of hydrogen-bond acceptors (Lipinski definition) is 3. The predicted octanol–water partition coefficient (Wildman–Crippen LogP) is 2.96. The van der Waals surface area contributed by atoms with Crippen molar-refractivity contribution in [2.24, 2.45) is 7.05 Å². The summed E-state index contributed by atoms with van der Waals surface area (Å²) in [5.41, 5.74) is 8.88. The van der Waals surface area contributed by atoms with Gasteiger partial charge in [0.25, 0.3) is 0 Å². The highest BCUT2D eigenvalue weighted by molar-refractivity contribution is 9.10. The van der Waals surface area contributed by atoms with Crippen molar-refractivity contribution in [3.63, 3.8) is 0 Å². The summed E-state index contributed by atoms with van der Waals surface area (Å²) in [7, 11) is 1.83. The molecule has 2 aromatic rings.